The Morgan fingerprint density at radius 1 is 0.784 bits per heavy atom. The molecule has 0 radical (unpaired) electrons. The molecule has 0 saturated carbocycles. The summed E-state index contributed by atoms with van der Waals surface area (Å²) in [7, 11) is 0. The molecule has 3 atom stereocenters. The molecule has 0 N–H and O–H groups in total. The number of anilines is 1. The van der Waals surface area contributed by atoms with Crippen molar-refractivity contribution in [1.82, 2.24) is 0 Å². The molecular weight excluding hydrogens is 450 g/mol. The van der Waals surface area contributed by atoms with Crippen molar-refractivity contribution >= 4 is 22.9 Å². The van der Waals surface area contributed by atoms with Crippen molar-refractivity contribution < 1.29 is 0 Å². The van der Waals surface area contributed by atoms with Gasteiger partial charge in [-0.3, -0.25) is 4.99 Å². The number of aliphatic imine (C=N–C) groups is 2. The lowest BCUT2D eigenvalue weighted by atomic mass is 9.80. The summed E-state index contributed by atoms with van der Waals surface area (Å²) in [5, 5.41) is 0. The highest BCUT2D eigenvalue weighted by molar-refractivity contribution is 6.21. The van der Waals surface area contributed by atoms with Crippen molar-refractivity contribution in [2.24, 2.45) is 9.98 Å². The lowest BCUT2D eigenvalue weighted by molar-refractivity contribution is 0.691. The van der Waals surface area contributed by atoms with Crippen LogP contribution in [0.15, 0.2) is 125 Å². The Hall–Kier alpha value is -4.24. The Kier molecular flexibility index (Phi) is 4.60. The molecule has 3 nitrogen and oxygen atoms in total. The van der Waals surface area contributed by atoms with Gasteiger partial charge in [0.25, 0.3) is 0 Å². The highest BCUT2D eigenvalue weighted by Crippen LogP contribution is 2.54. The van der Waals surface area contributed by atoms with Gasteiger partial charge in [-0.25, -0.2) is 4.99 Å². The number of rotatable bonds is 2. The summed E-state index contributed by atoms with van der Waals surface area (Å²) < 4.78 is 0. The number of benzene rings is 3. The van der Waals surface area contributed by atoms with Gasteiger partial charge < -0.3 is 4.90 Å². The first-order chi connectivity index (χ1) is 18.4. The largest absolute Gasteiger partial charge is 0.320 e. The molecule has 0 amide bonds. The molecule has 0 spiro atoms. The van der Waals surface area contributed by atoms with Crippen LogP contribution in [0.1, 0.15) is 41.9 Å². The van der Waals surface area contributed by atoms with Crippen LogP contribution >= 0.6 is 0 Å². The number of fused-ring (bicyclic) bond motifs is 8. The topological polar surface area (TPSA) is 28.0 Å². The summed E-state index contributed by atoms with van der Waals surface area (Å²) in [4.78, 5) is 13.4. The SMILES string of the molecule is C1=CCC2C(=C1)c1cccc3c1N2C1=NC(c2ccccc2)=NC(C2=CCCC=C2)C1c1ccccc1-3. The first kappa shape index (κ1) is 20.9. The molecule has 3 aromatic rings. The summed E-state index contributed by atoms with van der Waals surface area (Å²) in [6, 6.07) is 26.5. The number of hydrogen-bond donors (Lipinski definition) is 0. The normalized spacial score (nSPS) is 24.5. The van der Waals surface area contributed by atoms with E-state index in [1.165, 1.54) is 39.1 Å². The maximum absolute atomic E-state index is 5.44. The Morgan fingerprint density at radius 2 is 1.62 bits per heavy atom. The summed E-state index contributed by atoms with van der Waals surface area (Å²) in [5.74, 6) is 2.00. The van der Waals surface area contributed by atoms with Crippen LogP contribution in [0.2, 0.25) is 0 Å². The van der Waals surface area contributed by atoms with E-state index in [0.29, 0.717) is 0 Å². The van der Waals surface area contributed by atoms with E-state index >= 15 is 0 Å². The summed E-state index contributed by atoms with van der Waals surface area (Å²) >= 11 is 0. The average molecular weight is 478 g/mol. The van der Waals surface area contributed by atoms with Crippen molar-refractivity contribution in [2.75, 3.05) is 4.90 Å². The third kappa shape index (κ3) is 3.07. The molecule has 0 saturated heterocycles. The van der Waals surface area contributed by atoms with Gasteiger partial charge in [-0.05, 0) is 41.5 Å². The molecule has 3 aromatic carbocycles. The van der Waals surface area contributed by atoms with Crippen LogP contribution in [-0.4, -0.2) is 23.8 Å². The van der Waals surface area contributed by atoms with E-state index in [4.69, 9.17) is 9.98 Å². The molecule has 0 bridgehead atoms. The van der Waals surface area contributed by atoms with Gasteiger partial charge in [-0.15, -0.1) is 0 Å². The van der Waals surface area contributed by atoms with E-state index in [0.717, 1.165) is 36.5 Å². The van der Waals surface area contributed by atoms with Gasteiger partial charge in [0.2, 0.25) is 0 Å². The number of para-hydroxylation sites is 1. The van der Waals surface area contributed by atoms with Crippen LogP contribution in [0, 0.1) is 0 Å². The molecule has 2 aliphatic carbocycles. The van der Waals surface area contributed by atoms with E-state index in [2.05, 4.69) is 114 Å². The molecular formula is C34H27N3. The maximum atomic E-state index is 5.44. The van der Waals surface area contributed by atoms with Crippen LogP contribution in [0.25, 0.3) is 16.7 Å². The quantitative estimate of drug-likeness (QED) is 0.376. The minimum absolute atomic E-state index is 0.0228. The third-order valence-electron chi connectivity index (χ3n) is 8.34. The van der Waals surface area contributed by atoms with Gasteiger partial charge in [0, 0.05) is 16.7 Å². The number of amidine groups is 2. The molecule has 0 aromatic heterocycles. The number of allylic oxidation sites excluding steroid dienone is 4. The Balaban J connectivity index is 1.45. The molecule has 3 unspecified atom stereocenters. The van der Waals surface area contributed by atoms with E-state index in [1.807, 2.05) is 0 Å². The second-order valence-corrected chi connectivity index (χ2v) is 10.4. The fraction of sp³-hybridized carbons (Fsp3) is 0.176. The number of hydrogen-bond acceptors (Lipinski definition) is 3. The fourth-order valence-corrected chi connectivity index (χ4v) is 6.74. The van der Waals surface area contributed by atoms with Crippen molar-refractivity contribution in [3.05, 3.63) is 132 Å². The van der Waals surface area contributed by atoms with Crippen LogP contribution in [0.5, 0.6) is 0 Å². The van der Waals surface area contributed by atoms with Gasteiger partial charge in [0.1, 0.15) is 5.84 Å². The molecule has 5 aliphatic rings. The summed E-state index contributed by atoms with van der Waals surface area (Å²) in [6.07, 6.45) is 16.9. The average Bonchev–Trinajstić information content (AvgIpc) is 3.25. The third-order valence-corrected chi connectivity index (χ3v) is 8.34. The van der Waals surface area contributed by atoms with Gasteiger partial charge >= 0.3 is 0 Å². The zero-order valence-electron chi connectivity index (χ0n) is 20.6. The Bertz CT molecular complexity index is 1620. The smallest absolute Gasteiger partial charge is 0.157 e. The monoisotopic (exact) mass is 477 g/mol. The molecule has 3 heterocycles. The molecule has 3 aliphatic heterocycles. The molecule has 8 rings (SSSR count). The van der Waals surface area contributed by atoms with Crippen molar-refractivity contribution in [2.45, 2.75) is 37.3 Å². The predicted octanol–water partition coefficient (Wildman–Crippen LogP) is 7.49. The lowest BCUT2D eigenvalue weighted by Crippen LogP contribution is -2.45. The minimum atomic E-state index is -0.0228. The Labute approximate surface area is 217 Å². The van der Waals surface area contributed by atoms with Crippen molar-refractivity contribution in [3.8, 4) is 11.1 Å². The number of nitrogens with zero attached hydrogens (tertiary/aromatic N) is 3. The second-order valence-electron chi connectivity index (χ2n) is 10.4. The van der Waals surface area contributed by atoms with Crippen LogP contribution in [0.4, 0.5) is 5.69 Å². The highest BCUT2D eigenvalue weighted by Gasteiger charge is 2.47. The van der Waals surface area contributed by atoms with E-state index < -0.39 is 0 Å². The van der Waals surface area contributed by atoms with E-state index in [9.17, 15) is 0 Å². The zero-order chi connectivity index (χ0) is 24.3. The zero-order valence-corrected chi connectivity index (χ0v) is 20.6. The van der Waals surface area contributed by atoms with Gasteiger partial charge in [0.15, 0.2) is 5.84 Å². The van der Waals surface area contributed by atoms with Crippen LogP contribution in [0.3, 0.4) is 0 Å². The second kappa shape index (κ2) is 8.14. The van der Waals surface area contributed by atoms with Crippen molar-refractivity contribution in [3.63, 3.8) is 0 Å². The standard InChI is InChI=1S/C34H27N3/c1-3-12-22(13-4-1)31-30-26-18-8-7-16-24(26)27-19-11-20-28-25-17-9-10-21-29(25)37(32(27)28)34(30)36-33(35-31)23-14-5-2-6-15-23/h2-3,5-20,29-31H,1,4,21H2. The molecule has 37 heavy (non-hydrogen) atoms. The predicted molar refractivity (Wildman–Crippen MR) is 153 cm³/mol. The first-order valence-corrected chi connectivity index (χ1v) is 13.4. The van der Waals surface area contributed by atoms with Gasteiger partial charge in [-0.1, -0.05) is 109 Å². The van der Waals surface area contributed by atoms with Gasteiger partial charge in [0.05, 0.1) is 23.7 Å². The Morgan fingerprint density at radius 3 is 2.51 bits per heavy atom. The highest BCUT2D eigenvalue weighted by atomic mass is 15.3. The van der Waals surface area contributed by atoms with Crippen LogP contribution < -0.4 is 4.90 Å². The molecule has 178 valence electrons. The lowest BCUT2D eigenvalue weighted by Gasteiger charge is -2.38. The van der Waals surface area contributed by atoms with Crippen molar-refractivity contribution in [1.29, 1.82) is 0 Å². The maximum Gasteiger partial charge on any atom is 0.157 e. The minimum Gasteiger partial charge on any atom is -0.320 e. The first-order valence-electron chi connectivity index (χ1n) is 13.4. The molecule has 0 fully saturated rings. The molecule has 3 heteroatoms. The summed E-state index contributed by atoms with van der Waals surface area (Å²) in [6.45, 7) is 0. The van der Waals surface area contributed by atoms with E-state index in [-0.39, 0.29) is 18.0 Å². The van der Waals surface area contributed by atoms with Gasteiger partial charge in [-0.2, -0.15) is 0 Å². The van der Waals surface area contributed by atoms with Crippen LogP contribution in [-0.2, 0) is 0 Å². The summed E-state index contributed by atoms with van der Waals surface area (Å²) in [5.41, 5.74) is 10.3. The fourth-order valence-electron chi connectivity index (χ4n) is 6.74. The van der Waals surface area contributed by atoms with E-state index in [1.54, 1.807) is 0 Å².